The SMILES string of the molecule is COC(=O)c1c(NC(=O)CN2CCN(c3cccc(Cl)c3)CC2)sc(C(N)=O)c1C. The Morgan fingerprint density at radius 2 is 1.93 bits per heavy atom. The number of nitrogens with two attached hydrogens (primary N) is 1. The van der Waals surface area contributed by atoms with E-state index < -0.39 is 11.9 Å². The molecule has 8 nitrogen and oxygen atoms in total. The van der Waals surface area contributed by atoms with Gasteiger partial charge in [0.05, 0.1) is 24.1 Å². The molecule has 0 saturated carbocycles. The molecule has 0 spiro atoms. The van der Waals surface area contributed by atoms with Crippen LogP contribution < -0.4 is 16.0 Å². The molecule has 1 aromatic carbocycles. The minimum Gasteiger partial charge on any atom is -0.465 e. The van der Waals surface area contributed by atoms with Crippen LogP contribution in [0.4, 0.5) is 10.7 Å². The Bertz CT molecular complexity index is 970. The van der Waals surface area contributed by atoms with Gasteiger partial charge in [-0.15, -0.1) is 11.3 Å². The normalized spacial score (nSPS) is 14.4. The fourth-order valence-corrected chi connectivity index (χ4v) is 4.64. The summed E-state index contributed by atoms with van der Waals surface area (Å²) in [5, 5.41) is 3.70. The Morgan fingerprint density at radius 1 is 1.23 bits per heavy atom. The molecule has 2 aromatic rings. The lowest BCUT2D eigenvalue weighted by Crippen LogP contribution is -2.48. The zero-order valence-corrected chi connectivity index (χ0v) is 18.3. The molecule has 0 radical (unpaired) electrons. The van der Waals surface area contributed by atoms with E-state index in [9.17, 15) is 14.4 Å². The smallest absolute Gasteiger partial charge is 0.341 e. The molecule has 1 aliphatic heterocycles. The van der Waals surface area contributed by atoms with E-state index in [0.29, 0.717) is 23.7 Å². The first-order valence-electron chi connectivity index (χ1n) is 9.34. The molecule has 0 atom stereocenters. The molecule has 1 aromatic heterocycles. The van der Waals surface area contributed by atoms with Crippen LogP contribution in [0.25, 0.3) is 0 Å². The van der Waals surface area contributed by atoms with Gasteiger partial charge in [0.25, 0.3) is 5.91 Å². The Hall–Kier alpha value is -2.62. The van der Waals surface area contributed by atoms with E-state index in [1.165, 1.54) is 7.11 Å². The molecule has 3 rings (SSSR count). The lowest BCUT2D eigenvalue weighted by atomic mass is 10.1. The van der Waals surface area contributed by atoms with E-state index in [-0.39, 0.29) is 27.9 Å². The van der Waals surface area contributed by atoms with Gasteiger partial charge < -0.3 is 20.7 Å². The van der Waals surface area contributed by atoms with Crippen molar-refractivity contribution in [2.24, 2.45) is 5.73 Å². The molecule has 1 fully saturated rings. The summed E-state index contributed by atoms with van der Waals surface area (Å²) in [5.41, 5.74) is 7.00. The second-order valence-electron chi connectivity index (χ2n) is 6.91. The van der Waals surface area contributed by atoms with Gasteiger partial charge in [0, 0.05) is 36.9 Å². The zero-order chi connectivity index (χ0) is 21.8. The van der Waals surface area contributed by atoms with Gasteiger partial charge in [0.1, 0.15) is 5.00 Å². The molecule has 0 unspecified atom stereocenters. The van der Waals surface area contributed by atoms with E-state index in [4.69, 9.17) is 22.1 Å². The van der Waals surface area contributed by atoms with Crippen molar-refractivity contribution in [2.75, 3.05) is 50.1 Å². The standard InChI is InChI=1S/C20H23ClN4O4S/c1-12-16(20(28)29-2)19(30-17(12)18(22)27)23-15(26)11-24-6-8-25(9-7-24)14-5-3-4-13(21)10-14/h3-5,10H,6-9,11H2,1-2H3,(H2,22,27)(H,23,26). The molecular weight excluding hydrogens is 428 g/mol. The lowest BCUT2D eigenvalue weighted by Gasteiger charge is -2.35. The quantitative estimate of drug-likeness (QED) is 0.654. The number of anilines is 2. The summed E-state index contributed by atoms with van der Waals surface area (Å²) in [6.45, 7) is 4.73. The number of piperazine rings is 1. The topological polar surface area (TPSA) is 105 Å². The fourth-order valence-electron chi connectivity index (χ4n) is 3.39. The van der Waals surface area contributed by atoms with Crippen molar-refractivity contribution >= 4 is 51.4 Å². The number of amides is 2. The third-order valence-corrected chi connectivity index (χ3v) is 6.38. The number of ether oxygens (including phenoxy) is 1. The monoisotopic (exact) mass is 450 g/mol. The highest BCUT2D eigenvalue weighted by molar-refractivity contribution is 7.18. The highest BCUT2D eigenvalue weighted by Gasteiger charge is 2.26. The minimum absolute atomic E-state index is 0.162. The van der Waals surface area contributed by atoms with E-state index in [0.717, 1.165) is 30.1 Å². The van der Waals surface area contributed by atoms with E-state index in [2.05, 4.69) is 10.2 Å². The maximum Gasteiger partial charge on any atom is 0.341 e. The zero-order valence-electron chi connectivity index (χ0n) is 16.7. The average molecular weight is 451 g/mol. The van der Waals surface area contributed by atoms with Crippen LogP contribution in [0.1, 0.15) is 25.6 Å². The number of benzene rings is 1. The third-order valence-electron chi connectivity index (χ3n) is 4.93. The second-order valence-corrected chi connectivity index (χ2v) is 8.36. The Balaban J connectivity index is 1.62. The number of esters is 1. The van der Waals surface area contributed by atoms with Crippen molar-refractivity contribution in [1.29, 1.82) is 0 Å². The predicted molar refractivity (Wildman–Crippen MR) is 118 cm³/mol. The highest BCUT2D eigenvalue weighted by Crippen LogP contribution is 2.33. The van der Waals surface area contributed by atoms with Gasteiger partial charge in [-0.1, -0.05) is 17.7 Å². The number of hydrogen-bond acceptors (Lipinski definition) is 7. The molecule has 0 aliphatic carbocycles. The fraction of sp³-hybridized carbons (Fsp3) is 0.350. The Kier molecular flexibility index (Phi) is 6.96. The minimum atomic E-state index is -0.653. The van der Waals surface area contributed by atoms with Crippen LogP contribution in [0.3, 0.4) is 0 Å². The van der Waals surface area contributed by atoms with Gasteiger partial charge in [0.15, 0.2) is 0 Å². The number of nitrogens with zero attached hydrogens (tertiary/aromatic N) is 2. The highest BCUT2D eigenvalue weighted by atomic mass is 35.5. The van der Waals surface area contributed by atoms with Crippen molar-refractivity contribution in [3.8, 4) is 0 Å². The Labute approximate surface area is 183 Å². The van der Waals surface area contributed by atoms with Crippen LogP contribution in [0, 0.1) is 6.92 Å². The summed E-state index contributed by atoms with van der Waals surface area (Å²) < 4.78 is 4.78. The molecule has 2 amide bonds. The number of rotatable bonds is 6. The number of thiophene rings is 1. The number of carbonyl (C=O) groups excluding carboxylic acids is 3. The summed E-state index contributed by atoms with van der Waals surface area (Å²) in [7, 11) is 1.24. The average Bonchev–Trinajstić information content (AvgIpc) is 3.04. The number of primary amides is 1. The molecule has 30 heavy (non-hydrogen) atoms. The van der Waals surface area contributed by atoms with Gasteiger partial charge in [-0.2, -0.15) is 0 Å². The Morgan fingerprint density at radius 3 is 2.53 bits per heavy atom. The summed E-state index contributed by atoms with van der Waals surface area (Å²) in [6, 6.07) is 7.69. The molecule has 2 heterocycles. The first-order valence-corrected chi connectivity index (χ1v) is 10.5. The summed E-state index contributed by atoms with van der Waals surface area (Å²) in [5.74, 6) is -1.55. The van der Waals surface area contributed by atoms with Gasteiger partial charge in [-0.05, 0) is 30.7 Å². The van der Waals surface area contributed by atoms with Gasteiger partial charge in [0.2, 0.25) is 5.91 Å². The number of hydrogen-bond donors (Lipinski definition) is 2. The molecule has 1 saturated heterocycles. The van der Waals surface area contributed by atoms with Crippen molar-refractivity contribution in [1.82, 2.24) is 4.90 Å². The van der Waals surface area contributed by atoms with Crippen LogP contribution >= 0.6 is 22.9 Å². The molecular formula is C20H23ClN4O4S. The van der Waals surface area contributed by atoms with Gasteiger partial charge in [-0.25, -0.2) is 4.79 Å². The maximum atomic E-state index is 12.6. The number of nitrogens with one attached hydrogen (secondary N) is 1. The van der Waals surface area contributed by atoms with Crippen LogP contribution in [0.15, 0.2) is 24.3 Å². The van der Waals surface area contributed by atoms with Crippen molar-refractivity contribution < 1.29 is 19.1 Å². The number of carbonyl (C=O) groups is 3. The first-order chi connectivity index (χ1) is 14.3. The maximum absolute atomic E-state index is 12.6. The number of methoxy groups -OCH3 is 1. The molecule has 10 heteroatoms. The molecule has 3 N–H and O–H groups in total. The third kappa shape index (κ3) is 4.92. The largest absolute Gasteiger partial charge is 0.465 e. The summed E-state index contributed by atoms with van der Waals surface area (Å²) in [4.78, 5) is 40.8. The van der Waals surface area contributed by atoms with Crippen LogP contribution in [0.2, 0.25) is 5.02 Å². The molecule has 1 aliphatic rings. The molecule has 160 valence electrons. The second kappa shape index (κ2) is 9.46. The molecule has 0 bridgehead atoms. The van der Waals surface area contributed by atoms with Crippen molar-refractivity contribution in [3.05, 3.63) is 45.3 Å². The predicted octanol–water partition coefficient (Wildman–Crippen LogP) is 2.36. The van der Waals surface area contributed by atoms with E-state index in [1.54, 1.807) is 6.92 Å². The first kappa shape index (κ1) is 22.1. The van der Waals surface area contributed by atoms with Crippen LogP contribution in [-0.2, 0) is 9.53 Å². The van der Waals surface area contributed by atoms with E-state index in [1.807, 2.05) is 29.2 Å². The number of halogens is 1. The lowest BCUT2D eigenvalue weighted by molar-refractivity contribution is -0.117. The van der Waals surface area contributed by atoms with Crippen LogP contribution in [-0.4, -0.2) is 62.5 Å². The summed E-state index contributed by atoms with van der Waals surface area (Å²) in [6.07, 6.45) is 0. The van der Waals surface area contributed by atoms with Crippen molar-refractivity contribution in [3.63, 3.8) is 0 Å². The van der Waals surface area contributed by atoms with Crippen molar-refractivity contribution in [2.45, 2.75) is 6.92 Å². The summed E-state index contributed by atoms with van der Waals surface area (Å²) >= 11 is 7.05. The van der Waals surface area contributed by atoms with Crippen LogP contribution in [0.5, 0.6) is 0 Å². The van der Waals surface area contributed by atoms with Gasteiger partial charge in [-0.3, -0.25) is 14.5 Å². The van der Waals surface area contributed by atoms with E-state index >= 15 is 0 Å². The van der Waals surface area contributed by atoms with Gasteiger partial charge >= 0.3 is 5.97 Å².